The molecule has 0 saturated carbocycles. The predicted octanol–water partition coefficient (Wildman–Crippen LogP) is 0.777. The van der Waals surface area contributed by atoms with Crippen LogP contribution in [-0.2, 0) is 12.6 Å². The van der Waals surface area contributed by atoms with Gasteiger partial charge in [-0.15, -0.1) is 0 Å². The summed E-state index contributed by atoms with van der Waals surface area (Å²) < 4.78 is 17.3. The van der Waals surface area contributed by atoms with Crippen LogP contribution in [-0.4, -0.2) is 37.2 Å². The first kappa shape index (κ1) is 10.6. The van der Waals surface area contributed by atoms with Crippen LogP contribution >= 0.6 is 35.0 Å². The summed E-state index contributed by atoms with van der Waals surface area (Å²) in [7, 11) is 4.15. The molecule has 0 aliphatic carbocycles. The van der Waals surface area contributed by atoms with Crippen molar-refractivity contribution in [3.05, 3.63) is 0 Å². The molecule has 13 heavy (non-hydrogen) atoms. The maximum absolute atomic E-state index is 11.5. The Labute approximate surface area is 91.6 Å². The Balaban J connectivity index is 2.61. The summed E-state index contributed by atoms with van der Waals surface area (Å²) in [6.45, 7) is 4.18. The van der Waals surface area contributed by atoms with Gasteiger partial charge >= 0.3 is 91.7 Å². The molecule has 78 valence electrons. The first-order chi connectivity index (χ1) is 6.56. The standard InChI is InChI=1S/C6H12IO4PS/c1-3-5(9)6(11-7(12)13)4(2-8)10-3/h3-4,6,8,13H,2,12H2,1H3/t3-,4+,6-/m0/s1/i8T. The van der Waals surface area contributed by atoms with Crippen LogP contribution in [0.1, 0.15) is 6.92 Å². The molecule has 1 N–H and O–H groups in total. The third kappa shape index (κ3) is 3.00. The van der Waals surface area contributed by atoms with Gasteiger partial charge in [-0.25, -0.2) is 0 Å². The topological polar surface area (TPSA) is 55.8 Å². The number of ether oxygens (including phenoxy) is 1. The van der Waals surface area contributed by atoms with Crippen molar-refractivity contribution >= 4 is 40.8 Å². The zero-order chi connectivity index (χ0) is 10.7. The predicted molar refractivity (Wildman–Crippen MR) is 64.0 cm³/mol. The quantitative estimate of drug-likeness (QED) is 0.451. The summed E-state index contributed by atoms with van der Waals surface area (Å²) in [6.07, 6.45) is -1.56. The molecule has 0 bridgehead atoms. The molecule has 0 aromatic heterocycles. The Kier molecular flexibility index (Phi) is 4.25. The average molecular weight is 340 g/mol. The van der Waals surface area contributed by atoms with Gasteiger partial charge in [0.05, 0.1) is 0 Å². The van der Waals surface area contributed by atoms with Gasteiger partial charge in [0.25, 0.3) is 0 Å². The Morgan fingerprint density at radius 2 is 2.69 bits per heavy atom. The fourth-order valence-corrected chi connectivity index (χ4v) is 3.60. The van der Waals surface area contributed by atoms with E-state index in [1.54, 1.807) is 6.92 Å². The van der Waals surface area contributed by atoms with Crippen molar-refractivity contribution in [2.45, 2.75) is 25.2 Å². The minimum absolute atomic E-state index is 0.0448. The minimum atomic E-state index is -1.82. The number of carbonyl (C=O) groups is 1. The Hall–Kier alpha value is 1.06. The van der Waals surface area contributed by atoms with Crippen LogP contribution in [0.2, 0.25) is 0 Å². The molecule has 1 aliphatic rings. The van der Waals surface area contributed by atoms with Gasteiger partial charge in [0, 0.05) is 0 Å². The van der Waals surface area contributed by atoms with Crippen LogP contribution in [0.5, 0.6) is 0 Å². The third-order valence-corrected chi connectivity index (χ3v) is 4.04. The van der Waals surface area contributed by atoms with E-state index in [0.29, 0.717) is 0 Å². The number of halogens is 1. The molecular weight excluding hydrogens is 326 g/mol. The number of rotatable bonds is 4. The number of aliphatic hydroxyl groups is 1. The van der Waals surface area contributed by atoms with Crippen molar-refractivity contribution in [1.29, 1.82) is 1.43 Å². The zero-order valence-electron chi connectivity index (χ0n) is 7.97. The van der Waals surface area contributed by atoms with Crippen molar-refractivity contribution in [2.24, 2.45) is 0 Å². The molecule has 7 heteroatoms. The Morgan fingerprint density at radius 3 is 3.23 bits per heavy atom. The molecule has 0 spiro atoms. The molecular formula is C6H12IO4PS. The molecule has 0 amide bonds. The van der Waals surface area contributed by atoms with E-state index in [-0.39, 0.29) is 12.4 Å². The number of carbonyl (C=O) groups excluding carboxylic acids is 1. The van der Waals surface area contributed by atoms with E-state index >= 15 is 0 Å². The van der Waals surface area contributed by atoms with E-state index < -0.39 is 36.6 Å². The number of thiol groups is 1. The molecule has 1 aliphatic heterocycles. The maximum atomic E-state index is 11.5. The number of aliphatic hydroxyl groups excluding tert-OH is 1. The monoisotopic (exact) mass is 340 g/mol. The van der Waals surface area contributed by atoms with E-state index in [2.05, 4.69) is 21.8 Å². The summed E-state index contributed by atoms with van der Waals surface area (Å²) in [5, 5.41) is 4.21. The number of hydrogen-bond donors (Lipinski definition) is 2. The second kappa shape index (κ2) is 5.23. The summed E-state index contributed by atoms with van der Waals surface area (Å²) in [4.78, 5) is 11.5. The molecule has 1 unspecified atom stereocenters. The van der Waals surface area contributed by atoms with Gasteiger partial charge in [-0.2, -0.15) is 0 Å². The van der Waals surface area contributed by atoms with Crippen molar-refractivity contribution in [3.8, 4) is 0 Å². The number of ketones is 1. The summed E-state index contributed by atoms with van der Waals surface area (Å²) >= 11 is -1.82. The molecule has 0 radical (unpaired) electrons. The number of hydrogen-bond acceptors (Lipinski definition) is 5. The second-order valence-corrected chi connectivity index (χ2v) is 12.0. The summed E-state index contributed by atoms with van der Waals surface area (Å²) in [6, 6.07) is 0. The first-order valence-electron chi connectivity index (χ1n) is 4.05. The first-order valence-corrected chi connectivity index (χ1v) is 11.9. The van der Waals surface area contributed by atoms with Gasteiger partial charge in [-0.05, 0) is 0 Å². The molecule has 1 heterocycles. The van der Waals surface area contributed by atoms with Crippen LogP contribution in [0.15, 0.2) is 0 Å². The molecule has 1 rings (SSSR count). The van der Waals surface area contributed by atoms with Crippen LogP contribution in [0.25, 0.3) is 0 Å². The molecule has 4 atom stereocenters. The van der Waals surface area contributed by atoms with Crippen LogP contribution in [0.3, 0.4) is 0 Å². The molecule has 1 fully saturated rings. The van der Waals surface area contributed by atoms with E-state index in [1.165, 1.54) is 0 Å². The zero-order valence-corrected chi connectivity index (χ0v) is 11.2. The number of Topliss-reactive ketones (excluding diaryl/α,β-unsaturated/α-hetero) is 1. The van der Waals surface area contributed by atoms with Gasteiger partial charge in [-0.3, -0.25) is 0 Å². The van der Waals surface area contributed by atoms with Gasteiger partial charge in [0.2, 0.25) is 0 Å². The average Bonchev–Trinajstić information content (AvgIpc) is 2.33. The molecule has 0 aromatic rings. The van der Waals surface area contributed by atoms with Crippen molar-refractivity contribution in [1.82, 2.24) is 0 Å². The fourth-order valence-electron chi connectivity index (χ4n) is 1.14. The van der Waals surface area contributed by atoms with Gasteiger partial charge < -0.3 is 0 Å². The molecule has 1 saturated heterocycles. The van der Waals surface area contributed by atoms with Crippen LogP contribution < -0.4 is 0 Å². The SMILES string of the molecule is [3H]OC[C@H]1O[C@@H](C)C(=O)[C@H]1OI(P)S. The van der Waals surface area contributed by atoms with E-state index in [1.807, 2.05) is 0 Å². The van der Waals surface area contributed by atoms with E-state index in [4.69, 9.17) is 9.23 Å². The second-order valence-electron chi connectivity index (χ2n) is 2.65. The summed E-state index contributed by atoms with van der Waals surface area (Å²) in [5.41, 5.74) is 0. The van der Waals surface area contributed by atoms with Crippen molar-refractivity contribution in [3.63, 3.8) is 0 Å². The van der Waals surface area contributed by atoms with Gasteiger partial charge in [0.1, 0.15) is 0 Å². The Bertz CT molecular complexity index is 220. The van der Waals surface area contributed by atoms with Gasteiger partial charge in [-0.1, -0.05) is 0 Å². The summed E-state index contributed by atoms with van der Waals surface area (Å²) in [5.74, 6) is -0.0918. The molecule has 0 aromatic carbocycles. The van der Waals surface area contributed by atoms with Crippen molar-refractivity contribution < 1.29 is 17.7 Å². The molecule has 4 nitrogen and oxygen atoms in total. The van der Waals surface area contributed by atoms with Gasteiger partial charge in [0.15, 0.2) is 0 Å². The van der Waals surface area contributed by atoms with Crippen LogP contribution in [0, 0.1) is 0 Å². The normalized spacial score (nSPS) is 36.2. The fraction of sp³-hybridized carbons (Fsp3) is 0.833. The van der Waals surface area contributed by atoms with E-state index in [9.17, 15) is 4.79 Å². The van der Waals surface area contributed by atoms with E-state index in [0.717, 1.165) is 0 Å². The van der Waals surface area contributed by atoms with Crippen LogP contribution in [0.4, 0.5) is 0 Å². The van der Waals surface area contributed by atoms with Crippen molar-refractivity contribution in [2.75, 3.05) is 6.61 Å². The Morgan fingerprint density at radius 1 is 2.00 bits per heavy atom. The third-order valence-electron chi connectivity index (χ3n) is 1.75.